The van der Waals surface area contributed by atoms with Crippen LogP contribution in [0.15, 0.2) is 0 Å². The number of hydrogen-bond donors (Lipinski definition) is 2. The van der Waals surface area contributed by atoms with Gasteiger partial charge in [0.1, 0.15) is 0 Å². The lowest BCUT2D eigenvalue weighted by atomic mass is 9.93. The zero-order chi connectivity index (χ0) is 12.9. The summed E-state index contributed by atoms with van der Waals surface area (Å²) in [6.45, 7) is 6.45. The Morgan fingerprint density at radius 2 is 1.71 bits per heavy atom. The molecule has 0 aromatic heterocycles. The summed E-state index contributed by atoms with van der Waals surface area (Å²) in [6.07, 6.45) is 6.21. The van der Waals surface area contributed by atoms with Crippen molar-refractivity contribution in [3.63, 3.8) is 0 Å². The summed E-state index contributed by atoms with van der Waals surface area (Å²) in [7, 11) is 0. The van der Waals surface area contributed by atoms with Crippen LogP contribution in [0.5, 0.6) is 0 Å². The van der Waals surface area contributed by atoms with Crippen LogP contribution in [0.25, 0.3) is 0 Å². The van der Waals surface area contributed by atoms with E-state index in [0.717, 1.165) is 25.7 Å². The molecule has 0 spiro atoms. The molecule has 0 aromatic carbocycles. The van der Waals surface area contributed by atoms with Crippen molar-refractivity contribution in [1.29, 1.82) is 0 Å². The van der Waals surface area contributed by atoms with Gasteiger partial charge in [0.15, 0.2) is 0 Å². The zero-order valence-electron chi connectivity index (χ0n) is 11.5. The molecule has 100 valence electrons. The third kappa shape index (κ3) is 4.66. The highest BCUT2D eigenvalue weighted by atomic mass is 16.3. The minimum atomic E-state index is -0.664. The Morgan fingerprint density at radius 3 is 2.18 bits per heavy atom. The van der Waals surface area contributed by atoms with Crippen LogP contribution < -0.4 is 5.32 Å². The highest BCUT2D eigenvalue weighted by Crippen LogP contribution is 2.26. The summed E-state index contributed by atoms with van der Waals surface area (Å²) in [4.78, 5) is 11.8. The molecular formula is C14H27NO2. The molecule has 1 amide bonds. The summed E-state index contributed by atoms with van der Waals surface area (Å²) in [5, 5.41) is 13.3. The quantitative estimate of drug-likeness (QED) is 0.743. The second-order valence-corrected chi connectivity index (χ2v) is 5.89. The Morgan fingerprint density at radius 1 is 1.18 bits per heavy atom. The number of amides is 1. The van der Waals surface area contributed by atoms with Crippen molar-refractivity contribution in [2.45, 2.75) is 64.9 Å². The Bertz CT molecular complexity index is 243. The third-order valence-corrected chi connectivity index (χ3v) is 4.04. The molecule has 0 heterocycles. The molecule has 0 radical (unpaired) electrons. The lowest BCUT2D eigenvalue weighted by molar-refractivity contribution is -0.127. The van der Waals surface area contributed by atoms with Gasteiger partial charge in [-0.25, -0.2) is 0 Å². The van der Waals surface area contributed by atoms with Crippen molar-refractivity contribution in [3.05, 3.63) is 0 Å². The summed E-state index contributed by atoms with van der Waals surface area (Å²) < 4.78 is 0. The highest BCUT2D eigenvalue weighted by Gasteiger charge is 2.29. The van der Waals surface area contributed by atoms with E-state index in [1.807, 2.05) is 20.8 Å². The summed E-state index contributed by atoms with van der Waals surface area (Å²) >= 11 is 0. The molecule has 0 bridgehead atoms. The summed E-state index contributed by atoms with van der Waals surface area (Å²) in [6, 6.07) is 0. The lowest BCUT2D eigenvalue weighted by Gasteiger charge is -2.28. The molecule has 2 N–H and O–H groups in total. The molecule has 1 rings (SSSR count). The molecule has 0 aliphatic heterocycles. The van der Waals surface area contributed by atoms with Crippen molar-refractivity contribution in [2.24, 2.45) is 11.8 Å². The number of nitrogens with one attached hydrogen (secondary N) is 1. The van der Waals surface area contributed by atoms with E-state index in [1.54, 1.807) is 0 Å². The second kappa shape index (κ2) is 6.39. The number of carbonyl (C=O) groups is 1. The fraction of sp³-hybridized carbons (Fsp3) is 0.929. The summed E-state index contributed by atoms with van der Waals surface area (Å²) in [5.74, 6) is 0.431. The molecule has 1 aliphatic carbocycles. The first-order valence-corrected chi connectivity index (χ1v) is 6.95. The molecule has 1 saturated carbocycles. The Kier molecular flexibility index (Phi) is 5.44. The third-order valence-electron chi connectivity index (χ3n) is 4.04. The lowest BCUT2D eigenvalue weighted by Crippen LogP contribution is -2.44. The maximum atomic E-state index is 11.8. The van der Waals surface area contributed by atoms with Crippen LogP contribution in [0.4, 0.5) is 0 Å². The first-order chi connectivity index (χ1) is 7.94. The molecule has 1 unspecified atom stereocenters. The predicted molar refractivity (Wildman–Crippen MR) is 69.7 cm³/mol. The molecule has 1 atom stereocenters. The van der Waals surface area contributed by atoms with Gasteiger partial charge >= 0.3 is 0 Å². The van der Waals surface area contributed by atoms with Gasteiger partial charge in [-0.2, -0.15) is 0 Å². The first-order valence-electron chi connectivity index (χ1n) is 6.95. The van der Waals surface area contributed by atoms with Crippen LogP contribution in [-0.4, -0.2) is 23.2 Å². The predicted octanol–water partition coefficient (Wildman–Crippen LogP) is 2.48. The SMILES string of the molecule is CC(C)C(C)C(=O)NCC1(O)CCCCCC1. The van der Waals surface area contributed by atoms with Crippen LogP contribution in [0.1, 0.15) is 59.3 Å². The average molecular weight is 241 g/mol. The van der Waals surface area contributed by atoms with Crippen LogP contribution in [0, 0.1) is 11.8 Å². The van der Waals surface area contributed by atoms with Gasteiger partial charge in [-0.05, 0) is 18.8 Å². The van der Waals surface area contributed by atoms with Crippen molar-refractivity contribution < 1.29 is 9.90 Å². The zero-order valence-corrected chi connectivity index (χ0v) is 11.5. The van der Waals surface area contributed by atoms with Gasteiger partial charge in [-0.1, -0.05) is 46.5 Å². The topological polar surface area (TPSA) is 49.3 Å². The van der Waals surface area contributed by atoms with E-state index in [9.17, 15) is 9.90 Å². The van der Waals surface area contributed by atoms with Crippen molar-refractivity contribution in [2.75, 3.05) is 6.54 Å². The van der Waals surface area contributed by atoms with E-state index in [-0.39, 0.29) is 11.8 Å². The average Bonchev–Trinajstić information content (AvgIpc) is 2.50. The van der Waals surface area contributed by atoms with Crippen molar-refractivity contribution in [3.8, 4) is 0 Å². The Hall–Kier alpha value is -0.570. The van der Waals surface area contributed by atoms with Crippen molar-refractivity contribution >= 4 is 5.91 Å². The van der Waals surface area contributed by atoms with Gasteiger partial charge in [-0.15, -0.1) is 0 Å². The number of carbonyl (C=O) groups excluding carboxylic acids is 1. The van der Waals surface area contributed by atoms with E-state index in [4.69, 9.17) is 0 Å². The monoisotopic (exact) mass is 241 g/mol. The highest BCUT2D eigenvalue weighted by molar-refractivity contribution is 5.78. The number of hydrogen-bond acceptors (Lipinski definition) is 2. The van der Waals surface area contributed by atoms with E-state index in [0.29, 0.717) is 12.5 Å². The van der Waals surface area contributed by atoms with Crippen LogP contribution >= 0.6 is 0 Å². The van der Waals surface area contributed by atoms with Crippen LogP contribution in [-0.2, 0) is 4.79 Å². The van der Waals surface area contributed by atoms with Crippen molar-refractivity contribution in [1.82, 2.24) is 5.32 Å². The molecule has 17 heavy (non-hydrogen) atoms. The van der Waals surface area contributed by atoms with Gasteiger partial charge in [0, 0.05) is 12.5 Å². The Labute approximate surface area is 105 Å². The van der Waals surface area contributed by atoms with E-state index >= 15 is 0 Å². The molecule has 1 aliphatic rings. The standard InChI is InChI=1S/C14H27NO2/c1-11(2)12(3)13(16)15-10-14(17)8-6-4-5-7-9-14/h11-12,17H,4-10H2,1-3H3,(H,15,16). The van der Waals surface area contributed by atoms with Gasteiger partial charge < -0.3 is 10.4 Å². The van der Waals surface area contributed by atoms with E-state index in [1.165, 1.54) is 12.8 Å². The molecule has 0 saturated heterocycles. The number of rotatable bonds is 4. The largest absolute Gasteiger partial charge is 0.388 e. The van der Waals surface area contributed by atoms with Crippen LogP contribution in [0.3, 0.4) is 0 Å². The molecule has 0 aromatic rings. The minimum Gasteiger partial charge on any atom is -0.388 e. The van der Waals surface area contributed by atoms with E-state index in [2.05, 4.69) is 5.32 Å². The normalized spacial score (nSPS) is 21.9. The minimum absolute atomic E-state index is 0.0179. The second-order valence-electron chi connectivity index (χ2n) is 5.89. The fourth-order valence-electron chi connectivity index (χ4n) is 2.28. The molecular weight excluding hydrogens is 214 g/mol. The number of aliphatic hydroxyl groups is 1. The fourth-order valence-corrected chi connectivity index (χ4v) is 2.28. The molecule has 3 heteroatoms. The molecule has 1 fully saturated rings. The van der Waals surface area contributed by atoms with Gasteiger partial charge in [-0.3, -0.25) is 4.79 Å². The smallest absolute Gasteiger partial charge is 0.223 e. The first kappa shape index (κ1) is 14.5. The van der Waals surface area contributed by atoms with Gasteiger partial charge in [0.2, 0.25) is 5.91 Å². The van der Waals surface area contributed by atoms with Gasteiger partial charge in [0.05, 0.1) is 5.60 Å². The van der Waals surface area contributed by atoms with Gasteiger partial charge in [0.25, 0.3) is 0 Å². The Balaban J connectivity index is 2.40. The molecule has 3 nitrogen and oxygen atoms in total. The van der Waals surface area contributed by atoms with Crippen LogP contribution in [0.2, 0.25) is 0 Å². The summed E-state index contributed by atoms with van der Waals surface area (Å²) in [5.41, 5.74) is -0.664. The van der Waals surface area contributed by atoms with E-state index < -0.39 is 5.60 Å². The maximum absolute atomic E-state index is 11.8. The maximum Gasteiger partial charge on any atom is 0.223 e.